The maximum absolute atomic E-state index is 12.7. The van der Waals surface area contributed by atoms with Crippen LogP contribution < -0.4 is 0 Å². The molecule has 0 saturated heterocycles. The summed E-state index contributed by atoms with van der Waals surface area (Å²) < 4.78 is 16.7. The van der Waals surface area contributed by atoms with Crippen LogP contribution in [-0.4, -0.2) is 37.2 Å². The maximum Gasteiger partial charge on any atom is 0.306 e. The summed E-state index contributed by atoms with van der Waals surface area (Å²) in [5.41, 5.74) is 0. The number of unbranched alkanes of at least 4 members (excludes halogenated alkanes) is 36. The van der Waals surface area contributed by atoms with Crippen molar-refractivity contribution in [1.29, 1.82) is 0 Å². The van der Waals surface area contributed by atoms with Crippen molar-refractivity contribution in [1.82, 2.24) is 0 Å². The molecule has 0 rings (SSSR count). The van der Waals surface area contributed by atoms with Gasteiger partial charge in [0.1, 0.15) is 13.2 Å². The minimum atomic E-state index is -0.759. The fourth-order valence-electron chi connectivity index (χ4n) is 8.22. The van der Waals surface area contributed by atoms with Crippen LogP contribution in [0.15, 0.2) is 0 Å². The molecule has 60 heavy (non-hydrogen) atoms. The lowest BCUT2D eigenvalue weighted by Gasteiger charge is -2.18. The molecular weight excluding hydrogens is 745 g/mol. The van der Waals surface area contributed by atoms with E-state index in [1.165, 1.54) is 193 Å². The Bertz CT molecular complexity index is 903. The summed E-state index contributed by atoms with van der Waals surface area (Å²) in [6.45, 7) is 8.97. The fourth-order valence-corrected chi connectivity index (χ4v) is 8.22. The summed E-state index contributed by atoms with van der Waals surface area (Å²) in [7, 11) is 0. The molecule has 0 aliphatic rings. The summed E-state index contributed by atoms with van der Waals surface area (Å²) in [5, 5.41) is 0. The molecule has 0 aromatic carbocycles. The predicted molar refractivity (Wildman–Crippen MR) is 257 cm³/mol. The van der Waals surface area contributed by atoms with Crippen molar-refractivity contribution >= 4 is 17.9 Å². The van der Waals surface area contributed by atoms with Gasteiger partial charge in [-0.05, 0) is 25.2 Å². The van der Waals surface area contributed by atoms with Crippen molar-refractivity contribution in [2.75, 3.05) is 13.2 Å². The fraction of sp³-hybridized carbons (Fsp3) is 0.944. The van der Waals surface area contributed by atoms with Crippen molar-refractivity contribution in [3.63, 3.8) is 0 Å². The number of rotatable bonds is 49. The second-order valence-corrected chi connectivity index (χ2v) is 19.0. The zero-order valence-corrected chi connectivity index (χ0v) is 40.9. The Labute approximate surface area is 374 Å². The lowest BCUT2D eigenvalue weighted by Crippen LogP contribution is -2.30. The molecule has 6 nitrogen and oxygen atoms in total. The molecule has 0 amide bonds. The van der Waals surface area contributed by atoms with Crippen LogP contribution in [0.25, 0.3) is 0 Å². The third-order valence-corrected chi connectivity index (χ3v) is 12.3. The Morgan fingerprint density at radius 3 is 0.817 bits per heavy atom. The molecule has 0 spiro atoms. The molecule has 0 unspecified atom stereocenters. The van der Waals surface area contributed by atoms with Gasteiger partial charge in [0.25, 0.3) is 0 Å². The Hall–Kier alpha value is -1.59. The summed E-state index contributed by atoms with van der Waals surface area (Å²) in [4.78, 5) is 37.7. The van der Waals surface area contributed by atoms with Crippen molar-refractivity contribution < 1.29 is 28.6 Å². The van der Waals surface area contributed by atoms with Crippen LogP contribution in [-0.2, 0) is 28.6 Å². The standard InChI is InChI=1S/C54H104O6/c1-5-7-9-11-12-13-14-15-16-17-18-22-25-28-31-34-38-42-46-53(56)59-49-51(48-58-52(55)45-41-36-10-8-6-2)60-54(57)47-43-39-35-32-29-26-23-20-19-21-24-27-30-33-37-40-44-50(3)4/h50-51H,5-49H2,1-4H3/t51-/m0/s1. The van der Waals surface area contributed by atoms with Crippen molar-refractivity contribution in [3.05, 3.63) is 0 Å². The van der Waals surface area contributed by atoms with E-state index < -0.39 is 6.10 Å². The quantitative estimate of drug-likeness (QED) is 0.0345. The van der Waals surface area contributed by atoms with Gasteiger partial charge in [0.15, 0.2) is 6.10 Å². The largest absolute Gasteiger partial charge is 0.462 e. The van der Waals surface area contributed by atoms with Crippen LogP contribution in [0, 0.1) is 5.92 Å². The first kappa shape index (κ1) is 58.4. The molecule has 0 aliphatic heterocycles. The van der Waals surface area contributed by atoms with E-state index in [1.807, 2.05) is 0 Å². The van der Waals surface area contributed by atoms with Crippen molar-refractivity contribution in [2.45, 2.75) is 310 Å². The molecule has 0 aromatic rings. The zero-order chi connectivity index (χ0) is 43.8. The van der Waals surface area contributed by atoms with Gasteiger partial charge in [0, 0.05) is 19.3 Å². The number of esters is 3. The van der Waals surface area contributed by atoms with Gasteiger partial charge in [-0.1, -0.05) is 265 Å². The molecule has 0 aromatic heterocycles. The third-order valence-electron chi connectivity index (χ3n) is 12.3. The smallest absolute Gasteiger partial charge is 0.306 e. The molecule has 356 valence electrons. The monoisotopic (exact) mass is 849 g/mol. The van der Waals surface area contributed by atoms with E-state index in [0.29, 0.717) is 19.3 Å². The van der Waals surface area contributed by atoms with Gasteiger partial charge in [-0.2, -0.15) is 0 Å². The van der Waals surface area contributed by atoms with Gasteiger partial charge in [0.05, 0.1) is 0 Å². The first-order valence-corrected chi connectivity index (χ1v) is 26.9. The van der Waals surface area contributed by atoms with Crippen LogP contribution in [0.4, 0.5) is 0 Å². The molecule has 0 radical (unpaired) electrons. The maximum atomic E-state index is 12.7. The molecule has 0 bridgehead atoms. The summed E-state index contributed by atoms with van der Waals surface area (Å²) >= 11 is 0. The predicted octanol–water partition coefficient (Wildman–Crippen LogP) is 17.5. The Balaban J connectivity index is 4.07. The number of hydrogen-bond donors (Lipinski definition) is 0. The first-order chi connectivity index (χ1) is 29.4. The molecule has 6 heteroatoms. The molecule has 0 heterocycles. The van der Waals surface area contributed by atoms with Crippen molar-refractivity contribution in [3.8, 4) is 0 Å². The van der Waals surface area contributed by atoms with Crippen LogP contribution in [0.2, 0.25) is 0 Å². The van der Waals surface area contributed by atoms with E-state index in [0.717, 1.165) is 70.1 Å². The van der Waals surface area contributed by atoms with E-state index in [1.54, 1.807) is 0 Å². The SMILES string of the molecule is CCCCCCCCCCCCCCCCCCCCC(=O)OC[C@H](COC(=O)CCCCCCC)OC(=O)CCCCCCCCCCCCCCCCCCC(C)C. The highest BCUT2D eigenvalue weighted by molar-refractivity contribution is 5.71. The van der Waals surface area contributed by atoms with Gasteiger partial charge in [0.2, 0.25) is 0 Å². The van der Waals surface area contributed by atoms with Gasteiger partial charge in [-0.15, -0.1) is 0 Å². The molecule has 0 aliphatic carbocycles. The Morgan fingerprint density at radius 2 is 0.550 bits per heavy atom. The number of carbonyl (C=O) groups is 3. The minimum Gasteiger partial charge on any atom is -0.462 e. The third kappa shape index (κ3) is 47.5. The van der Waals surface area contributed by atoms with E-state index in [9.17, 15) is 14.4 Å². The van der Waals surface area contributed by atoms with E-state index in [4.69, 9.17) is 14.2 Å². The van der Waals surface area contributed by atoms with Crippen LogP contribution in [0.3, 0.4) is 0 Å². The highest BCUT2D eigenvalue weighted by Gasteiger charge is 2.19. The number of carbonyl (C=O) groups excluding carboxylic acids is 3. The van der Waals surface area contributed by atoms with Gasteiger partial charge >= 0.3 is 17.9 Å². The van der Waals surface area contributed by atoms with Gasteiger partial charge in [-0.3, -0.25) is 14.4 Å². The first-order valence-electron chi connectivity index (χ1n) is 26.9. The number of hydrogen-bond acceptors (Lipinski definition) is 6. The van der Waals surface area contributed by atoms with E-state index in [-0.39, 0.29) is 31.1 Å². The molecule has 0 fully saturated rings. The van der Waals surface area contributed by atoms with E-state index in [2.05, 4.69) is 27.7 Å². The highest BCUT2D eigenvalue weighted by atomic mass is 16.6. The summed E-state index contributed by atoms with van der Waals surface area (Å²) in [6, 6.07) is 0. The molecule has 0 N–H and O–H groups in total. The topological polar surface area (TPSA) is 78.9 Å². The lowest BCUT2D eigenvalue weighted by atomic mass is 10.0. The van der Waals surface area contributed by atoms with Crippen molar-refractivity contribution in [2.24, 2.45) is 5.92 Å². The highest BCUT2D eigenvalue weighted by Crippen LogP contribution is 2.17. The lowest BCUT2D eigenvalue weighted by molar-refractivity contribution is -0.167. The molecule has 1 atom stereocenters. The Kier molecular flexibility index (Phi) is 47.2. The molecule has 0 saturated carbocycles. The van der Waals surface area contributed by atoms with Gasteiger partial charge < -0.3 is 14.2 Å². The minimum absolute atomic E-state index is 0.0635. The summed E-state index contributed by atoms with van der Waals surface area (Å²) in [5.74, 6) is -0.00478. The average Bonchev–Trinajstić information content (AvgIpc) is 3.23. The summed E-state index contributed by atoms with van der Waals surface area (Å²) in [6.07, 6.45) is 51.3. The normalized spacial score (nSPS) is 11.9. The second-order valence-electron chi connectivity index (χ2n) is 19.0. The van der Waals surface area contributed by atoms with Crippen LogP contribution in [0.5, 0.6) is 0 Å². The van der Waals surface area contributed by atoms with Gasteiger partial charge in [-0.25, -0.2) is 0 Å². The second kappa shape index (κ2) is 48.4. The number of ether oxygens (including phenoxy) is 3. The van der Waals surface area contributed by atoms with E-state index >= 15 is 0 Å². The zero-order valence-electron chi connectivity index (χ0n) is 40.9. The van der Waals surface area contributed by atoms with Crippen LogP contribution >= 0.6 is 0 Å². The average molecular weight is 849 g/mol. The molecular formula is C54H104O6. The van der Waals surface area contributed by atoms with Crippen LogP contribution in [0.1, 0.15) is 304 Å². The Morgan fingerprint density at radius 1 is 0.317 bits per heavy atom.